The minimum atomic E-state index is 0.206. The molecule has 3 nitrogen and oxygen atoms in total. The van der Waals surface area contributed by atoms with Crippen molar-refractivity contribution >= 4 is 12.2 Å². The number of carbonyl (C=O) groups excluding carboxylic acids is 2. The quantitative estimate of drug-likeness (QED) is 0.536. The second kappa shape index (κ2) is 2.88. The van der Waals surface area contributed by atoms with Gasteiger partial charge < -0.3 is 9.69 Å². The molecule has 2 heterocycles. The average molecular weight is 167 g/mol. The Morgan fingerprint density at radius 2 is 2.25 bits per heavy atom. The van der Waals surface area contributed by atoms with Crippen LogP contribution in [0.15, 0.2) is 0 Å². The van der Waals surface area contributed by atoms with Gasteiger partial charge in [-0.3, -0.25) is 4.79 Å². The molecule has 0 N–H and O–H groups in total. The Balaban J connectivity index is 2.03. The summed E-state index contributed by atoms with van der Waals surface area (Å²) in [7, 11) is 0. The van der Waals surface area contributed by atoms with Gasteiger partial charge >= 0.3 is 0 Å². The summed E-state index contributed by atoms with van der Waals surface area (Å²) in [5.41, 5.74) is 0. The van der Waals surface area contributed by atoms with Crippen LogP contribution in [0.5, 0.6) is 0 Å². The van der Waals surface area contributed by atoms with Gasteiger partial charge in [0.2, 0.25) is 5.91 Å². The van der Waals surface area contributed by atoms with Crippen LogP contribution in [0.4, 0.5) is 0 Å². The van der Waals surface area contributed by atoms with Crippen LogP contribution in [0.1, 0.15) is 25.7 Å². The van der Waals surface area contributed by atoms with Gasteiger partial charge in [-0.25, -0.2) is 0 Å². The summed E-state index contributed by atoms with van der Waals surface area (Å²) in [6.45, 7) is 0.799. The fourth-order valence-corrected chi connectivity index (χ4v) is 2.24. The van der Waals surface area contributed by atoms with Gasteiger partial charge in [-0.15, -0.1) is 0 Å². The zero-order valence-corrected chi connectivity index (χ0v) is 7.03. The monoisotopic (exact) mass is 167 g/mol. The van der Waals surface area contributed by atoms with Crippen molar-refractivity contribution in [3.05, 3.63) is 0 Å². The fraction of sp³-hybridized carbons (Fsp3) is 0.778. The summed E-state index contributed by atoms with van der Waals surface area (Å²) in [4.78, 5) is 23.7. The van der Waals surface area contributed by atoms with Gasteiger partial charge in [0, 0.05) is 24.9 Å². The van der Waals surface area contributed by atoms with E-state index >= 15 is 0 Å². The number of hydrogen-bond acceptors (Lipinski definition) is 2. The van der Waals surface area contributed by atoms with Gasteiger partial charge in [-0.05, 0) is 19.3 Å². The van der Waals surface area contributed by atoms with Crippen molar-refractivity contribution in [2.45, 2.75) is 31.7 Å². The number of fused-ring (bicyclic) bond motifs is 1. The molecule has 66 valence electrons. The highest BCUT2D eigenvalue weighted by Gasteiger charge is 2.35. The molecule has 2 rings (SSSR count). The Labute approximate surface area is 71.7 Å². The fourth-order valence-electron chi connectivity index (χ4n) is 2.24. The third-order valence-electron chi connectivity index (χ3n) is 2.96. The molecular weight excluding hydrogens is 154 g/mol. The summed E-state index contributed by atoms with van der Waals surface area (Å²) in [5, 5.41) is 0. The highest BCUT2D eigenvalue weighted by molar-refractivity contribution is 5.79. The zero-order valence-electron chi connectivity index (χ0n) is 7.03. The molecular formula is C9H13NO2. The van der Waals surface area contributed by atoms with Gasteiger partial charge in [0.15, 0.2) is 0 Å². The second-order valence-electron chi connectivity index (χ2n) is 3.70. The molecule has 0 unspecified atom stereocenters. The van der Waals surface area contributed by atoms with E-state index in [0.717, 1.165) is 32.1 Å². The average Bonchev–Trinajstić information content (AvgIpc) is 2.47. The van der Waals surface area contributed by atoms with E-state index in [1.54, 1.807) is 0 Å². The van der Waals surface area contributed by atoms with Crippen molar-refractivity contribution in [2.24, 2.45) is 5.92 Å². The van der Waals surface area contributed by atoms with Gasteiger partial charge in [-0.1, -0.05) is 0 Å². The standard InChI is InChI=1S/C9H13NO2/c11-6-7-3-4-10-8(5-7)1-2-9(10)12/h6-8H,1-5H2/t7-,8-/m0/s1. The van der Waals surface area contributed by atoms with E-state index < -0.39 is 0 Å². The van der Waals surface area contributed by atoms with E-state index in [2.05, 4.69) is 0 Å². The molecule has 1 amide bonds. The van der Waals surface area contributed by atoms with Gasteiger partial charge in [-0.2, -0.15) is 0 Å². The molecule has 0 aliphatic carbocycles. The molecule has 0 aromatic heterocycles. The molecule has 0 spiro atoms. The Hall–Kier alpha value is -0.860. The number of rotatable bonds is 1. The smallest absolute Gasteiger partial charge is 0.222 e. The Morgan fingerprint density at radius 3 is 3.00 bits per heavy atom. The lowest BCUT2D eigenvalue weighted by Gasteiger charge is -2.32. The second-order valence-corrected chi connectivity index (χ2v) is 3.70. The van der Waals surface area contributed by atoms with Crippen molar-refractivity contribution in [3.63, 3.8) is 0 Å². The predicted octanol–water partition coefficient (Wildman–Crippen LogP) is 0.586. The summed E-state index contributed by atoms with van der Waals surface area (Å²) >= 11 is 0. The third kappa shape index (κ3) is 1.13. The van der Waals surface area contributed by atoms with E-state index in [-0.39, 0.29) is 11.8 Å². The number of aldehydes is 1. The van der Waals surface area contributed by atoms with E-state index in [1.807, 2.05) is 4.90 Å². The van der Waals surface area contributed by atoms with Crippen LogP contribution in [0.3, 0.4) is 0 Å². The molecule has 12 heavy (non-hydrogen) atoms. The van der Waals surface area contributed by atoms with Crippen molar-refractivity contribution in [1.29, 1.82) is 0 Å². The lowest BCUT2D eigenvalue weighted by atomic mass is 9.92. The SMILES string of the molecule is O=C[C@H]1CCN2C(=O)CC[C@H]2C1. The summed E-state index contributed by atoms with van der Waals surface area (Å²) < 4.78 is 0. The third-order valence-corrected chi connectivity index (χ3v) is 2.96. The number of carbonyl (C=O) groups is 2. The molecule has 0 bridgehead atoms. The summed E-state index contributed by atoms with van der Waals surface area (Å²) in [6, 6.07) is 0.376. The maximum absolute atomic E-state index is 11.2. The van der Waals surface area contributed by atoms with Crippen molar-refractivity contribution in [1.82, 2.24) is 4.90 Å². The van der Waals surface area contributed by atoms with Crippen LogP contribution in [0.25, 0.3) is 0 Å². The van der Waals surface area contributed by atoms with E-state index in [4.69, 9.17) is 0 Å². The predicted molar refractivity (Wildman–Crippen MR) is 43.5 cm³/mol. The molecule has 2 fully saturated rings. The van der Waals surface area contributed by atoms with Gasteiger partial charge in [0.25, 0.3) is 0 Å². The van der Waals surface area contributed by atoms with Crippen molar-refractivity contribution in [2.75, 3.05) is 6.54 Å². The first-order chi connectivity index (χ1) is 5.81. The Morgan fingerprint density at radius 1 is 1.42 bits per heavy atom. The number of nitrogens with zero attached hydrogens (tertiary/aromatic N) is 1. The van der Waals surface area contributed by atoms with Crippen LogP contribution in [0.2, 0.25) is 0 Å². The van der Waals surface area contributed by atoms with Crippen LogP contribution >= 0.6 is 0 Å². The number of piperidine rings is 1. The summed E-state index contributed by atoms with van der Waals surface area (Å²) in [6.07, 6.45) is 4.46. The first kappa shape index (κ1) is 7.77. The molecule has 0 aromatic carbocycles. The van der Waals surface area contributed by atoms with Crippen molar-refractivity contribution in [3.8, 4) is 0 Å². The Bertz CT molecular complexity index is 215. The first-order valence-electron chi connectivity index (χ1n) is 4.56. The molecule has 3 heteroatoms. The minimum absolute atomic E-state index is 0.206. The molecule has 0 radical (unpaired) electrons. The lowest BCUT2D eigenvalue weighted by Crippen LogP contribution is -2.40. The minimum Gasteiger partial charge on any atom is -0.340 e. The zero-order chi connectivity index (χ0) is 8.55. The Kier molecular flexibility index (Phi) is 1.87. The molecule has 0 aromatic rings. The number of hydrogen-bond donors (Lipinski definition) is 0. The summed E-state index contributed by atoms with van der Waals surface area (Å²) in [5.74, 6) is 0.487. The van der Waals surface area contributed by atoms with Crippen LogP contribution in [-0.4, -0.2) is 29.7 Å². The van der Waals surface area contributed by atoms with Gasteiger partial charge in [0.05, 0.1) is 0 Å². The largest absolute Gasteiger partial charge is 0.340 e. The van der Waals surface area contributed by atoms with Crippen molar-refractivity contribution < 1.29 is 9.59 Å². The topological polar surface area (TPSA) is 37.4 Å². The molecule has 2 atom stereocenters. The lowest BCUT2D eigenvalue weighted by molar-refractivity contribution is -0.131. The molecule has 0 saturated carbocycles. The maximum Gasteiger partial charge on any atom is 0.222 e. The van der Waals surface area contributed by atoms with E-state index in [0.29, 0.717) is 12.5 Å². The van der Waals surface area contributed by atoms with Crippen LogP contribution in [0, 0.1) is 5.92 Å². The van der Waals surface area contributed by atoms with Crippen LogP contribution < -0.4 is 0 Å². The highest BCUT2D eigenvalue weighted by atomic mass is 16.2. The van der Waals surface area contributed by atoms with E-state index in [9.17, 15) is 9.59 Å². The molecule has 2 aliphatic rings. The van der Waals surface area contributed by atoms with Crippen LogP contribution in [-0.2, 0) is 9.59 Å². The van der Waals surface area contributed by atoms with Gasteiger partial charge in [0.1, 0.15) is 6.29 Å². The molecule has 2 aliphatic heterocycles. The highest BCUT2D eigenvalue weighted by Crippen LogP contribution is 2.29. The number of amides is 1. The molecule has 2 saturated heterocycles. The normalized spacial score (nSPS) is 35.0. The van der Waals surface area contributed by atoms with E-state index in [1.165, 1.54) is 0 Å². The first-order valence-corrected chi connectivity index (χ1v) is 4.56. The maximum atomic E-state index is 11.2.